The number of halogens is 18. The molecular formula is C18H20F18O9S2. The molecule has 0 aliphatic carbocycles. The molecule has 0 bridgehead atoms. The van der Waals surface area contributed by atoms with Gasteiger partial charge >= 0.3 is 67.1 Å². The SMILES string of the molecule is CC(C)(C)C(F)(F)C(F)(C(C)(C)C)C(F)(F)OC(F)(F)C(F)(OC(F)(F)C(F)(F)S(=O)(=O)O)C(F)(F)OC(F)(F)C(F)(F)S(=O)(=O)O. The molecule has 284 valence electrons. The van der Waals surface area contributed by atoms with Gasteiger partial charge in [0.1, 0.15) is 0 Å². The lowest BCUT2D eigenvalue weighted by atomic mass is 9.66. The van der Waals surface area contributed by atoms with E-state index in [1.165, 1.54) is 9.47 Å². The summed E-state index contributed by atoms with van der Waals surface area (Å²) >= 11 is 0. The second kappa shape index (κ2) is 11.5. The monoisotopic (exact) mass is 786 g/mol. The molecule has 2 unspecified atom stereocenters. The van der Waals surface area contributed by atoms with Gasteiger partial charge in [0, 0.05) is 10.8 Å². The standard InChI is InChI=1S/C18H20F18O9S2/c1-7(2,3)9(19,10(20,21)8(4,5)6)12(23,24)44-13(25,26)11(22,43-15(29,30)17(33,34)46(37,38)39)14(27,28)45-16(31,32)18(35,36)47(40,41)42/h1-6H3,(H,37,38,39)(H,40,41,42). The summed E-state index contributed by atoms with van der Waals surface area (Å²) in [4.78, 5) is 0. The fraction of sp³-hybridized carbons (Fsp3) is 1.00. The molecule has 0 saturated heterocycles. The van der Waals surface area contributed by atoms with Crippen LogP contribution < -0.4 is 0 Å². The van der Waals surface area contributed by atoms with Crippen LogP contribution in [-0.2, 0) is 34.4 Å². The zero-order valence-corrected chi connectivity index (χ0v) is 25.0. The summed E-state index contributed by atoms with van der Waals surface area (Å²) in [6.45, 7) is 0.497. The first-order valence-corrected chi connectivity index (χ1v) is 13.9. The van der Waals surface area contributed by atoms with Crippen LogP contribution in [0.2, 0.25) is 0 Å². The number of alkyl halides is 18. The summed E-state index contributed by atoms with van der Waals surface area (Å²) in [7, 11) is -15.8. The van der Waals surface area contributed by atoms with E-state index in [1.54, 1.807) is 0 Å². The summed E-state index contributed by atoms with van der Waals surface area (Å²) in [5, 5.41) is -15.4. The van der Waals surface area contributed by atoms with Crippen LogP contribution in [0.4, 0.5) is 79.0 Å². The molecule has 29 heteroatoms. The molecule has 2 atom stereocenters. The van der Waals surface area contributed by atoms with E-state index in [0.717, 1.165) is 0 Å². The third kappa shape index (κ3) is 7.07. The van der Waals surface area contributed by atoms with Crippen LogP contribution in [0.1, 0.15) is 41.5 Å². The fourth-order valence-electron chi connectivity index (χ4n) is 3.01. The van der Waals surface area contributed by atoms with E-state index in [0.29, 0.717) is 0 Å². The molecular weight excluding hydrogens is 766 g/mol. The lowest BCUT2D eigenvalue weighted by Crippen LogP contribution is -2.73. The third-order valence-electron chi connectivity index (χ3n) is 5.66. The molecule has 47 heavy (non-hydrogen) atoms. The first kappa shape index (κ1) is 45.4. The zero-order valence-electron chi connectivity index (χ0n) is 23.4. The molecule has 0 aliphatic heterocycles. The largest absolute Gasteiger partial charge is 0.460 e. The van der Waals surface area contributed by atoms with Crippen molar-refractivity contribution in [2.75, 3.05) is 0 Å². The molecule has 0 saturated carbocycles. The Morgan fingerprint density at radius 3 is 0.894 bits per heavy atom. The Morgan fingerprint density at radius 2 is 0.660 bits per heavy atom. The van der Waals surface area contributed by atoms with Crippen LogP contribution in [-0.4, -0.2) is 84.4 Å². The van der Waals surface area contributed by atoms with Gasteiger partial charge in [-0.25, -0.2) is 22.6 Å². The van der Waals surface area contributed by atoms with Crippen molar-refractivity contribution in [2.24, 2.45) is 10.8 Å². The Kier molecular flexibility index (Phi) is 11.1. The number of ether oxygens (including phenoxy) is 3. The second-order valence-corrected chi connectivity index (χ2v) is 14.1. The maximum absolute atomic E-state index is 15.8. The van der Waals surface area contributed by atoms with E-state index in [9.17, 15) is 69.5 Å². The molecule has 0 aromatic rings. The lowest BCUT2D eigenvalue weighted by molar-refractivity contribution is -0.575. The average Bonchev–Trinajstić information content (AvgIpc) is 2.72. The van der Waals surface area contributed by atoms with Crippen molar-refractivity contribution in [3.8, 4) is 0 Å². The van der Waals surface area contributed by atoms with Crippen molar-refractivity contribution in [1.29, 1.82) is 0 Å². The van der Waals surface area contributed by atoms with Gasteiger partial charge in [-0.05, 0) is 0 Å². The van der Waals surface area contributed by atoms with E-state index in [-0.39, 0.29) is 41.5 Å². The minimum atomic E-state index is -8.64. The van der Waals surface area contributed by atoms with Crippen LogP contribution in [0.15, 0.2) is 0 Å². The Hall–Kier alpha value is -1.56. The summed E-state index contributed by atoms with van der Waals surface area (Å²) in [6.07, 6.45) is -40.4. The van der Waals surface area contributed by atoms with Crippen LogP contribution in [0, 0.1) is 10.8 Å². The van der Waals surface area contributed by atoms with Gasteiger partial charge in [0.15, 0.2) is 0 Å². The molecule has 0 fully saturated rings. The minimum Gasteiger partial charge on any atom is -0.281 e. The minimum absolute atomic E-state index is 0.0161. The first-order valence-electron chi connectivity index (χ1n) is 11.1. The Labute approximate surface area is 251 Å². The van der Waals surface area contributed by atoms with Crippen molar-refractivity contribution < 1.29 is 119 Å². The highest BCUT2D eigenvalue weighted by atomic mass is 32.2. The zero-order chi connectivity index (χ0) is 39.1. The van der Waals surface area contributed by atoms with Crippen molar-refractivity contribution >= 4 is 20.2 Å². The van der Waals surface area contributed by atoms with E-state index < -0.39 is 89.6 Å². The van der Waals surface area contributed by atoms with Crippen molar-refractivity contribution in [3.63, 3.8) is 0 Å². The second-order valence-electron chi connectivity index (χ2n) is 11.2. The summed E-state index contributed by atoms with van der Waals surface area (Å²) in [5.74, 6) is -14.5. The van der Waals surface area contributed by atoms with E-state index in [4.69, 9.17) is 9.11 Å². The molecule has 0 heterocycles. The van der Waals surface area contributed by atoms with Crippen molar-refractivity contribution in [1.82, 2.24) is 0 Å². The van der Waals surface area contributed by atoms with Gasteiger partial charge in [-0.1, -0.05) is 41.5 Å². The number of hydrogen-bond donors (Lipinski definition) is 2. The van der Waals surface area contributed by atoms with Gasteiger partial charge in [0.2, 0.25) is 0 Å². The molecule has 0 aromatic heterocycles. The smallest absolute Gasteiger partial charge is 0.281 e. The summed E-state index contributed by atoms with van der Waals surface area (Å²) < 4.78 is 322. The molecule has 9 nitrogen and oxygen atoms in total. The highest BCUT2D eigenvalue weighted by molar-refractivity contribution is 7.87. The van der Waals surface area contributed by atoms with Gasteiger partial charge in [-0.3, -0.25) is 13.8 Å². The van der Waals surface area contributed by atoms with Crippen LogP contribution in [0.3, 0.4) is 0 Å². The molecule has 0 amide bonds. The van der Waals surface area contributed by atoms with Gasteiger partial charge in [-0.2, -0.15) is 82.7 Å². The van der Waals surface area contributed by atoms with Crippen molar-refractivity contribution in [3.05, 3.63) is 0 Å². The van der Waals surface area contributed by atoms with Gasteiger partial charge in [0.25, 0.3) is 11.6 Å². The molecule has 0 aliphatic rings. The molecule has 2 N–H and O–H groups in total. The predicted octanol–water partition coefficient (Wildman–Crippen LogP) is 7.06. The number of rotatable bonds is 14. The Morgan fingerprint density at radius 1 is 0.404 bits per heavy atom. The van der Waals surface area contributed by atoms with Crippen LogP contribution >= 0.6 is 0 Å². The Balaban J connectivity index is 8.01. The topological polar surface area (TPSA) is 136 Å². The average molecular weight is 786 g/mol. The molecule has 0 radical (unpaired) electrons. The molecule has 0 spiro atoms. The summed E-state index contributed by atoms with van der Waals surface area (Å²) in [6, 6.07) is 0. The normalized spacial score (nSPS) is 18.9. The molecule has 0 aromatic carbocycles. The summed E-state index contributed by atoms with van der Waals surface area (Å²) in [5.41, 5.74) is -13.0. The van der Waals surface area contributed by atoms with E-state index in [1.807, 2.05) is 4.74 Å². The number of hydrogen-bond acceptors (Lipinski definition) is 7. The maximum Gasteiger partial charge on any atom is 0.460 e. The van der Waals surface area contributed by atoms with Crippen LogP contribution in [0.25, 0.3) is 0 Å². The van der Waals surface area contributed by atoms with E-state index >= 15 is 26.3 Å². The Bertz CT molecular complexity index is 1390. The first-order chi connectivity index (χ1) is 19.6. The highest BCUT2D eigenvalue weighted by Gasteiger charge is 2.88. The molecule has 0 rings (SSSR count). The third-order valence-corrected chi connectivity index (χ3v) is 7.44. The van der Waals surface area contributed by atoms with Crippen LogP contribution in [0.5, 0.6) is 0 Å². The highest BCUT2D eigenvalue weighted by Crippen LogP contribution is 2.63. The van der Waals surface area contributed by atoms with Gasteiger partial charge < -0.3 is 0 Å². The fourth-order valence-corrected chi connectivity index (χ4v) is 3.70. The van der Waals surface area contributed by atoms with E-state index in [2.05, 4.69) is 0 Å². The van der Waals surface area contributed by atoms with Gasteiger partial charge in [0.05, 0.1) is 0 Å². The quantitative estimate of drug-likeness (QED) is 0.140. The van der Waals surface area contributed by atoms with Crippen molar-refractivity contribution in [2.45, 2.75) is 100 Å². The lowest BCUT2D eigenvalue weighted by Gasteiger charge is -2.51. The maximum atomic E-state index is 15.8. The predicted molar refractivity (Wildman–Crippen MR) is 113 cm³/mol. The van der Waals surface area contributed by atoms with Gasteiger partial charge in [-0.15, -0.1) is 0 Å².